The molecule has 0 amide bonds. The fourth-order valence-electron chi connectivity index (χ4n) is 0. The third kappa shape index (κ3) is 78.7. The van der Waals surface area contributed by atoms with Gasteiger partial charge in [-0.3, -0.25) is 0 Å². The van der Waals surface area contributed by atoms with Crippen molar-refractivity contribution in [1.29, 1.82) is 0 Å². The first kappa shape index (κ1) is 17.1. The van der Waals surface area contributed by atoms with Crippen LogP contribution in [0.3, 0.4) is 0 Å². The Balaban J connectivity index is 0. The predicted octanol–water partition coefficient (Wildman–Crippen LogP) is 4.91. The zero-order chi connectivity index (χ0) is 8.49. The maximum Gasteiger partial charge on any atom is -0.0533 e. The molecule has 4 saturated carbocycles. The Kier molecular flexibility index (Phi) is 16.7. The van der Waals surface area contributed by atoms with Crippen molar-refractivity contribution in [3.05, 3.63) is 0 Å². The first-order chi connectivity index (χ1) is 6.00. The molecule has 14 heavy (non-hydrogen) atoms. The monoisotopic (exact) mass is 236 g/mol. The van der Waals surface area contributed by atoms with Crippen molar-refractivity contribution in [3.8, 4) is 0 Å². The SMILES string of the molecule is C1CC1.C1CC1.C1CC1.C1CC1.S.S. The van der Waals surface area contributed by atoms with E-state index in [2.05, 4.69) is 0 Å². The van der Waals surface area contributed by atoms with Crippen LogP contribution in [0.15, 0.2) is 0 Å². The minimum Gasteiger partial charge on any atom is -0.197 e. The van der Waals surface area contributed by atoms with Crippen molar-refractivity contribution < 1.29 is 0 Å². The van der Waals surface area contributed by atoms with Crippen molar-refractivity contribution in [1.82, 2.24) is 0 Å². The summed E-state index contributed by atoms with van der Waals surface area (Å²) in [5, 5.41) is 0. The molecule has 4 aliphatic rings. The van der Waals surface area contributed by atoms with Gasteiger partial charge in [-0.15, -0.1) is 0 Å². The van der Waals surface area contributed by atoms with Crippen LogP contribution in [0, 0.1) is 0 Å². The molecule has 0 aromatic carbocycles. The van der Waals surface area contributed by atoms with Crippen molar-refractivity contribution >= 4 is 27.0 Å². The van der Waals surface area contributed by atoms with Crippen LogP contribution in [-0.2, 0) is 0 Å². The maximum absolute atomic E-state index is 1.50. The van der Waals surface area contributed by atoms with Gasteiger partial charge in [0.2, 0.25) is 0 Å². The summed E-state index contributed by atoms with van der Waals surface area (Å²) in [6, 6.07) is 0. The molecule has 0 heterocycles. The predicted molar refractivity (Wildman–Crippen MR) is 76.2 cm³/mol. The summed E-state index contributed by atoms with van der Waals surface area (Å²) in [7, 11) is 0. The summed E-state index contributed by atoms with van der Waals surface area (Å²) in [4.78, 5) is 0. The third-order valence-corrected chi connectivity index (χ3v) is 1.41. The largest absolute Gasteiger partial charge is 0.197 e. The van der Waals surface area contributed by atoms with Crippen LogP contribution in [0.4, 0.5) is 0 Å². The Hall–Kier alpha value is 0.700. The van der Waals surface area contributed by atoms with E-state index in [1.54, 1.807) is 0 Å². The lowest BCUT2D eigenvalue weighted by molar-refractivity contribution is 1.50. The second-order valence-electron chi connectivity index (χ2n) is 4.24. The molecule has 0 aromatic rings. The Morgan fingerprint density at radius 1 is 0.214 bits per heavy atom. The normalized spacial score (nSPS) is 20.6. The first-order valence-electron chi connectivity index (χ1n) is 6.00. The zero-order valence-electron chi connectivity index (χ0n) is 9.49. The van der Waals surface area contributed by atoms with Gasteiger partial charge < -0.3 is 0 Å². The van der Waals surface area contributed by atoms with E-state index in [0.717, 1.165) is 0 Å². The molecule has 0 spiro atoms. The molecule has 0 saturated heterocycles. The highest BCUT2D eigenvalue weighted by atomic mass is 32.1. The molecule has 0 N–H and O–H groups in total. The lowest BCUT2D eigenvalue weighted by atomic mass is 11.0. The Bertz CT molecular complexity index is 51.3. The second kappa shape index (κ2) is 13.7. The minimum absolute atomic E-state index is 0. The van der Waals surface area contributed by atoms with Crippen LogP contribution in [0.5, 0.6) is 0 Å². The molecule has 0 atom stereocenters. The molecule has 0 radical (unpaired) electrons. The van der Waals surface area contributed by atoms with Crippen molar-refractivity contribution in [2.75, 3.05) is 0 Å². The van der Waals surface area contributed by atoms with E-state index < -0.39 is 0 Å². The van der Waals surface area contributed by atoms with Crippen LogP contribution < -0.4 is 0 Å². The van der Waals surface area contributed by atoms with Gasteiger partial charge >= 0.3 is 0 Å². The molecule has 0 aromatic heterocycles. The molecule has 88 valence electrons. The summed E-state index contributed by atoms with van der Waals surface area (Å²) in [5.41, 5.74) is 0. The van der Waals surface area contributed by atoms with Gasteiger partial charge in [-0.1, -0.05) is 77.0 Å². The van der Waals surface area contributed by atoms with Crippen LogP contribution in [-0.4, -0.2) is 0 Å². The van der Waals surface area contributed by atoms with Crippen molar-refractivity contribution in [2.24, 2.45) is 0 Å². The van der Waals surface area contributed by atoms with Crippen molar-refractivity contribution in [3.63, 3.8) is 0 Å². The molecular weight excluding hydrogens is 208 g/mol. The van der Waals surface area contributed by atoms with Gasteiger partial charge in [0.25, 0.3) is 0 Å². The van der Waals surface area contributed by atoms with Crippen molar-refractivity contribution in [2.45, 2.75) is 77.0 Å². The highest BCUT2D eigenvalue weighted by Gasteiger charge is 1.96. The molecule has 2 heteroatoms. The molecule has 4 aliphatic carbocycles. The molecule has 4 rings (SSSR count). The lowest BCUT2D eigenvalue weighted by Crippen LogP contribution is -0.856. The lowest BCUT2D eigenvalue weighted by Gasteiger charge is -1.05. The van der Waals surface area contributed by atoms with Gasteiger partial charge in [-0.25, -0.2) is 0 Å². The summed E-state index contributed by atoms with van der Waals surface area (Å²) >= 11 is 0. The van der Waals surface area contributed by atoms with Crippen LogP contribution in [0.2, 0.25) is 0 Å². The average molecular weight is 236 g/mol. The van der Waals surface area contributed by atoms with E-state index in [9.17, 15) is 0 Å². The second-order valence-corrected chi connectivity index (χ2v) is 4.24. The van der Waals surface area contributed by atoms with Gasteiger partial charge in [0.1, 0.15) is 0 Å². The smallest absolute Gasteiger partial charge is 0.0533 e. The molecule has 0 nitrogen and oxygen atoms in total. The highest BCUT2D eigenvalue weighted by Crippen LogP contribution is 2.15. The molecular formula is C12H28S2. The number of hydrogen-bond donors (Lipinski definition) is 0. The van der Waals surface area contributed by atoms with E-state index in [4.69, 9.17) is 0 Å². The fourth-order valence-corrected chi connectivity index (χ4v) is 0. The van der Waals surface area contributed by atoms with Gasteiger partial charge in [0, 0.05) is 0 Å². The average Bonchev–Trinajstić information content (AvgIpc) is 2.99. The Morgan fingerprint density at radius 3 is 0.286 bits per heavy atom. The van der Waals surface area contributed by atoms with E-state index >= 15 is 0 Å². The highest BCUT2D eigenvalue weighted by molar-refractivity contribution is 7.59. The quantitative estimate of drug-likeness (QED) is 0.561. The van der Waals surface area contributed by atoms with E-state index in [0.29, 0.717) is 0 Å². The minimum atomic E-state index is 0. The van der Waals surface area contributed by atoms with E-state index in [1.165, 1.54) is 77.0 Å². The summed E-state index contributed by atoms with van der Waals surface area (Å²) < 4.78 is 0. The summed E-state index contributed by atoms with van der Waals surface area (Å²) in [6.07, 6.45) is 18.0. The molecule has 0 unspecified atom stereocenters. The van der Waals surface area contributed by atoms with E-state index in [1.807, 2.05) is 0 Å². The fraction of sp³-hybridized carbons (Fsp3) is 1.00. The van der Waals surface area contributed by atoms with E-state index in [-0.39, 0.29) is 27.0 Å². The van der Waals surface area contributed by atoms with Gasteiger partial charge in [0.05, 0.1) is 0 Å². The van der Waals surface area contributed by atoms with Crippen LogP contribution >= 0.6 is 27.0 Å². The van der Waals surface area contributed by atoms with Crippen LogP contribution in [0.25, 0.3) is 0 Å². The standard InChI is InChI=1S/4C3H6.2H2S/c4*1-2-3-1;;/h4*1-3H2;2*1H2. The third-order valence-electron chi connectivity index (χ3n) is 1.41. The molecule has 4 fully saturated rings. The number of rotatable bonds is 0. The van der Waals surface area contributed by atoms with Gasteiger partial charge in [0.15, 0.2) is 0 Å². The topological polar surface area (TPSA) is 0 Å². The number of hydrogen-bond acceptors (Lipinski definition) is 0. The maximum atomic E-state index is 1.50. The summed E-state index contributed by atoms with van der Waals surface area (Å²) in [6.45, 7) is 0. The van der Waals surface area contributed by atoms with Gasteiger partial charge in [-0.05, 0) is 0 Å². The summed E-state index contributed by atoms with van der Waals surface area (Å²) in [5.74, 6) is 0. The van der Waals surface area contributed by atoms with Crippen LogP contribution in [0.1, 0.15) is 77.0 Å². The Labute approximate surface area is 104 Å². The van der Waals surface area contributed by atoms with Gasteiger partial charge in [-0.2, -0.15) is 27.0 Å². The first-order valence-corrected chi connectivity index (χ1v) is 6.00. The molecule has 0 aliphatic heterocycles. The Morgan fingerprint density at radius 2 is 0.286 bits per heavy atom. The zero-order valence-corrected chi connectivity index (χ0v) is 11.5. The molecule has 0 bridgehead atoms.